The maximum atomic E-state index is 2.50. The Morgan fingerprint density at radius 3 is 2.38 bits per heavy atom. The predicted molar refractivity (Wildman–Crippen MR) is 102 cm³/mol. The van der Waals surface area contributed by atoms with Crippen LogP contribution in [0.3, 0.4) is 0 Å². The molecule has 0 unspecified atom stereocenters. The molecule has 0 aromatic heterocycles. The van der Waals surface area contributed by atoms with E-state index < -0.39 is 0 Å². The lowest BCUT2D eigenvalue weighted by Crippen LogP contribution is -2.40. The third-order valence-electron chi connectivity index (χ3n) is 3.24. The van der Waals surface area contributed by atoms with E-state index in [1.165, 1.54) is 68.7 Å². The first-order valence-electron chi connectivity index (χ1n) is 7.51. The highest BCUT2D eigenvalue weighted by atomic mass is 13.8. The second-order valence-corrected chi connectivity index (χ2v) is 4.97. The number of hydrogen-bond acceptors (Lipinski definition) is 0. The van der Waals surface area contributed by atoms with E-state index in [-0.39, 0.29) is 0 Å². The highest BCUT2D eigenvalue weighted by Gasteiger charge is 2.11. The molecule has 0 aliphatic heterocycles. The summed E-state index contributed by atoms with van der Waals surface area (Å²) in [5.41, 5.74) is 0. The molecular weight excluding hydrogens is 180 g/mol. The van der Waals surface area contributed by atoms with Gasteiger partial charge >= 0.3 is 0 Å². The SMILES string of the molecule is BBBBBB(BBBB)/C=C/CCCC. The molecule has 0 amide bonds. The number of hydrogen-bond donors (Lipinski definition) is 0. The number of allylic oxidation sites excluding steroid dienone is 1. The first-order chi connectivity index (χ1) is 7.85. The Kier molecular flexibility index (Phi) is 13.8. The highest BCUT2D eigenvalue weighted by Crippen LogP contribution is 1.95. The summed E-state index contributed by atoms with van der Waals surface area (Å²) in [6, 6.07) is 0. The summed E-state index contributed by atoms with van der Waals surface area (Å²) in [5, 5.41) is 0. The van der Waals surface area contributed by atoms with Crippen LogP contribution in [0.25, 0.3) is 0 Å². The van der Waals surface area contributed by atoms with Crippen LogP contribution in [0, 0.1) is 0 Å². The lowest BCUT2D eigenvalue weighted by molar-refractivity contribution is 0.815. The minimum atomic E-state index is 0.864. The molecular formula is C6H22B10. The quantitative estimate of drug-likeness (QED) is 0.234. The Morgan fingerprint density at radius 2 is 1.75 bits per heavy atom. The molecule has 16 heavy (non-hydrogen) atoms. The Hall–Kier alpha value is 0.389. The zero-order valence-electron chi connectivity index (χ0n) is 11.8. The van der Waals surface area contributed by atoms with Crippen molar-refractivity contribution in [2.45, 2.75) is 26.2 Å². The Labute approximate surface area is 110 Å². The lowest BCUT2D eigenvalue weighted by Gasteiger charge is -2.04. The van der Waals surface area contributed by atoms with E-state index in [0.717, 1.165) is 6.49 Å². The third kappa shape index (κ3) is 10.9. The fraction of sp³-hybridized carbons (Fsp3) is 0.667. The van der Waals surface area contributed by atoms with E-state index in [9.17, 15) is 0 Å². The Bertz CT molecular complexity index is 161. The molecule has 10 heteroatoms. The molecule has 0 atom stereocenters. The maximum Gasteiger partial charge on any atom is 0.0813 e. The minimum Gasteiger partial charge on any atom is -0.137 e. The van der Waals surface area contributed by atoms with Crippen molar-refractivity contribution in [3.05, 3.63) is 12.1 Å². The molecule has 0 aromatic carbocycles. The highest BCUT2D eigenvalue weighted by molar-refractivity contribution is 7.73. The van der Waals surface area contributed by atoms with Crippen LogP contribution in [0.1, 0.15) is 26.2 Å². The molecule has 0 bridgehead atoms. The summed E-state index contributed by atoms with van der Waals surface area (Å²) in [6.45, 7) is 3.13. The van der Waals surface area contributed by atoms with Crippen LogP contribution >= 0.6 is 0 Å². The molecule has 0 aliphatic rings. The average Bonchev–Trinajstić information content (AvgIpc) is 2.31. The van der Waals surface area contributed by atoms with E-state index in [4.69, 9.17) is 0 Å². The van der Waals surface area contributed by atoms with Crippen LogP contribution in [0.4, 0.5) is 0 Å². The minimum absolute atomic E-state index is 0.864. The monoisotopic (exact) mass is 204 g/mol. The van der Waals surface area contributed by atoms with E-state index in [0.29, 0.717) is 0 Å². The first kappa shape index (κ1) is 16.4. The summed E-state index contributed by atoms with van der Waals surface area (Å²) in [5.74, 6) is 2.50. The van der Waals surface area contributed by atoms with Crippen LogP contribution in [0.15, 0.2) is 12.1 Å². The van der Waals surface area contributed by atoms with Crippen molar-refractivity contribution in [2.75, 3.05) is 0 Å². The summed E-state index contributed by atoms with van der Waals surface area (Å²) < 4.78 is 0. The molecule has 0 saturated heterocycles. The molecule has 0 N–H and O–H groups in total. The summed E-state index contributed by atoms with van der Waals surface area (Å²) in [4.78, 5) is 0. The van der Waals surface area contributed by atoms with Gasteiger partial charge in [-0.1, -0.05) is 25.8 Å². The van der Waals surface area contributed by atoms with Gasteiger partial charge in [-0.2, -0.15) is 0 Å². The van der Waals surface area contributed by atoms with E-state index in [1.54, 1.807) is 0 Å². The van der Waals surface area contributed by atoms with Gasteiger partial charge in [-0.15, -0.1) is 5.98 Å². The molecule has 0 radical (unpaired) electrons. The van der Waals surface area contributed by atoms with Crippen molar-refractivity contribution in [2.24, 2.45) is 0 Å². The average molecular weight is 202 g/mol. The predicted octanol–water partition coefficient (Wildman–Crippen LogP) is -4.51. The molecule has 76 valence electrons. The van der Waals surface area contributed by atoms with Gasteiger partial charge in [0.1, 0.15) is 0 Å². The smallest absolute Gasteiger partial charge is 0.0813 e. The summed E-state index contributed by atoms with van der Waals surface area (Å²) >= 11 is 0. The zero-order chi connectivity index (χ0) is 12.1. The lowest BCUT2D eigenvalue weighted by atomic mass is 8.82. The number of rotatable bonds is 11. The normalized spacial score (nSPS) is 9.31. The van der Waals surface area contributed by atoms with Crippen molar-refractivity contribution < 1.29 is 0 Å². The zero-order valence-corrected chi connectivity index (χ0v) is 11.8. The van der Waals surface area contributed by atoms with Gasteiger partial charge in [-0.25, -0.2) is 0 Å². The van der Waals surface area contributed by atoms with Crippen LogP contribution in [-0.2, 0) is 0 Å². The van der Waals surface area contributed by atoms with Crippen molar-refractivity contribution >= 4 is 71.4 Å². The molecule has 0 nitrogen and oxygen atoms in total. The van der Waals surface area contributed by atoms with Gasteiger partial charge in [0.05, 0.1) is 22.0 Å². The molecule has 0 rings (SSSR count). The van der Waals surface area contributed by atoms with Crippen LogP contribution in [0.2, 0.25) is 0 Å². The topological polar surface area (TPSA) is 0 Å². The largest absolute Gasteiger partial charge is 0.137 e. The van der Waals surface area contributed by atoms with Gasteiger partial charge in [-0.05, 0) is 6.42 Å². The Balaban J connectivity index is 3.74. The van der Waals surface area contributed by atoms with E-state index in [1.807, 2.05) is 0 Å². The van der Waals surface area contributed by atoms with Crippen LogP contribution in [-0.4, -0.2) is 71.4 Å². The molecule has 0 fully saturated rings. The molecule has 0 spiro atoms. The summed E-state index contributed by atoms with van der Waals surface area (Å²) in [6.07, 6.45) is 6.38. The number of unbranched alkanes of at least 4 members (excludes halogenated alkanes) is 2. The fourth-order valence-corrected chi connectivity index (χ4v) is 2.07. The third-order valence-corrected chi connectivity index (χ3v) is 3.24. The standard InChI is InChI=1S/C6H22B10/c1-2-3-4-5-6-16(14-12-10-8)15-13-11-9-7/h5-6,9-15H,2-4,7-8H2,1H3/b6-5+. The van der Waals surface area contributed by atoms with Gasteiger partial charge in [0.2, 0.25) is 0 Å². The maximum absolute atomic E-state index is 2.50. The first-order valence-corrected chi connectivity index (χ1v) is 7.51. The molecule has 0 aromatic rings. The van der Waals surface area contributed by atoms with Crippen LogP contribution in [0.5, 0.6) is 0 Å². The van der Waals surface area contributed by atoms with E-state index >= 15 is 0 Å². The molecule has 0 heterocycles. The van der Waals surface area contributed by atoms with Gasteiger partial charge in [0.25, 0.3) is 0 Å². The fourth-order valence-electron chi connectivity index (χ4n) is 2.07. The van der Waals surface area contributed by atoms with Crippen molar-refractivity contribution in [1.82, 2.24) is 0 Å². The van der Waals surface area contributed by atoms with Crippen molar-refractivity contribution in [1.29, 1.82) is 0 Å². The van der Waals surface area contributed by atoms with Gasteiger partial charge < -0.3 is 0 Å². The van der Waals surface area contributed by atoms with Gasteiger partial charge in [-0.3, -0.25) is 0 Å². The second kappa shape index (κ2) is 13.5. The summed E-state index contributed by atoms with van der Waals surface area (Å²) in [7, 11) is 14.3. The Morgan fingerprint density at radius 1 is 1.06 bits per heavy atom. The molecule has 0 aliphatic carbocycles. The molecule has 0 saturated carbocycles. The van der Waals surface area contributed by atoms with Crippen molar-refractivity contribution in [3.63, 3.8) is 0 Å². The second-order valence-electron chi connectivity index (χ2n) is 4.97. The van der Waals surface area contributed by atoms with Gasteiger partial charge in [0, 0.05) is 49.4 Å². The van der Waals surface area contributed by atoms with E-state index in [2.05, 4.69) is 34.4 Å². The van der Waals surface area contributed by atoms with Gasteiger partial charge in [0.15, 0.2) is 0 Å². The van der Waals surface area contributed by atoms with Crippen LogP contribution < -0.4 is 0 Å². The van der Waals surface area contributed by atoms with Crippen molar-refractivity contribution in [3.8, 4) is 0 Å².